The summed E-state index contributed by atoms with van der Waals surface area (Å²) in [5.74, 6) is -0.284. The molecule has 0 aliphatic rings. The number of rotatable bonds is 1. The number of fused-ring (bicyclic) bond motifs is 1. The zero-order chi connectivity index (χ0) is 11.8. The third-order valence-electron chi connectivity index (χ3n) is 2.54. The van der Waals surface area contributed by atoms with Gasteiger partial charge in [-0.1, -0.05) is 0 Å². The Bertz CT molecular complexity index is 730. The van der Waals surface area contributed by atoms with Gasteiger partial charge in [-0.3, -0.25) is 0 Å². The van der Waals surface area contributed by atoms with E-state index in [-0.39, 0.29) is 26.1 Å². The van der Waals surface area contributed by atoms with E-state index in [0.29, 0.717) is 5.39 Å². The Labute approximate surface area is 103 Å². The van der Waals surface area contributed by atoms with Crippen molar-refractivity contribution in [1.82, 2.24) is 3.56 Å². The van der Waals surface area contributed by atoms with Crippen LogP contribution in [0.1, 0.15) is 0 Å². The summed E-state index contributed by atoms with van der Waals surface area (Å²) in [6.45, 7) is 0. The van der Waals surface area contributed by atoms with E-state index in [1.807, 2.05) is 30.3 Å². The predicted molar refractivity (Wildman–Crippen MR) is 66.4 cm³/mol. The van der Waals surface area contributed by atoms with Gasteiger partial charge in [-0.05, 0) is 0 Å². The molecule has 3 aromatic rings. The van der Waals surface area contributed by atoms with Gasteiger partial charge in [-0.2, -0.15) is 0 Å². The molecule has 0 aliphatic carbocycles. The summed E-state index contributed by atoms with van der Waals surface area (Å²) in [4.78, 5) is 12.1. The Kier molecular flexibility index (Phi) is 2.46. The van der Waals surface area contributed by atoms with Crippen molar-refractivity contribution >= 4 is 24.4 Å². The van der Waals surface area contributed by atoms with Crippen molar-refractivity contribution in [3.05, 3.63) is 64.7 Å². The topological polar surface area (TPSA) is 22.0 Å². The van der Waals surface area contributed by atoms with Crippen LogP contribution in [0.2, 0.25) is 0 Å². The van der Waals surface area contributed by atoms with Gasteiger partial charge in [0, 0.05) is 0 Å². The molecule has 0 bridgehead atoms. The molecule has 1 heterocycles. The van der Waals surface area contributed by atoms with Gasteiger partial charge in [0.25, 0.3) is 0 Å². The molecule has 0 spiro atoms. The van der Waals surface area contributed by atoms with Gasteiger partial charge in [-0.25, -0.2) is 0 Å². The molecule has 0 atom stereocenters. The Morgan fingerprint density at radius 2 is 1.82 bits per heavy atom. The van der Waals surface area contributed by atoms with Crippen LogP contribution in [0.5, 0.6) is 0 Å². The molecule has 0 N–H and O–H groups in total. The first-order chi connectivity index (χ1) is 8.25. The molecule has 84 valence electrons. The fraction of sp³-hybridized carbons (Fsp3) is 0. The van der Waals surface area contributed by atoms with Crippen molar-refractivity contribution in [2.45, 2.75) is 0 Å². The molecule has 17 heavy (non-hydrogen) atoms. The monoisotopic (exact) mass is 293 g/mol. The summed E-state index contributed by atoms with van der Waals surface area (Å²) < 4.78 is 15.6. The molecule has 0 fully saturated rings. The van der Waals surface area contributed by atoms with Crippen molar-refractivity contribution in [2.24, 2.45) is 0 Å². The van der Waals surface area contributed by atoms with E-state index < -0.39 is 0 Å². The van der Waals surface area contributed by atoms with E-state index in [0.717, 1.165) is 9.95 Å². The maximum absolute atomic E-state index is 13.1. The molecule has 0 amide bonds. The molecule has 3 rings (SSSR count). The van der Waals surface area contributed by atoms with Gasteiger partial charge in [0.1, 0.15) is 0 Å². The molecular weight excluding hydrogens is 284 g/mol. The molecule has 2 aromatic carbocycles. The Balaban J connectivity index is 2.32. The first-order valence-corrected chi connectivity index (χ1v) is 6.75. The minimum atomic E-state index is -0.284. The van der Waals surface area contributed by atoms with Gasteiger partial charge < -0.3 is 0 Å². The average Bonchev–Trinajstić information content (AvgIpc) is 2.67. The van der Waals surface area contributed by atoms with Crippen LogP contribution in [0.4, 0.5) is 4.39 Å². The van der Waals surface area contributed by atoms with E-state index >= 15 is 0 Å². The summed E-state index contributed by atoms with van der Waals surface area (Å²) in [7, 11) is 0. The van der Waals surface area contributed by atoms with E-state index in [4.69, 9.17) is 0 Å². The van der Waals surface area contributed by atoms with E-state index in [9.17, 15) is 9.18 Å². The fourth-order valence-corrected chi connectivity index (χ4v) is 3.88. The minimum absolute atomic E-state index is 0.0359. The third-order valence-corrected chi connectivity index (χ3v) is 4.83. The summed E-state index contributed by atoms with van der Waals surface area (Å²) in [6.07, 6.45) is 0. The van der Waals surface area contributed by atoms with Crippen molar-refractivity contribution < 1.29 is 4.39 Å². The summed E-state index contributed by atoms with van der Waals surface area (Å²) in [5.41, 5.74) is 0.834. The number of para-hydroxylation sites is 1. The quantitative estimate of drug-likeness (QED) is 0.630. The standard InChI is InChI=1S/C13H8FNOSe/c14-9-6-7-11-12(8-9)17-15(13(11)16)10-4-2-1-3-5-10/h1-8H. The Hall–Kier alpha value is -1.64. The molecule has 0 saturated carbocycles. The van der Waals surface area contributed by atoms with Crippen molar-refractivity contribution in [3.8, 4) is 5.69 Å². The summed E-state index contributed by atoms with van der Waals surface area (Å²) >= 11 is -0.171. The molecule has 1 aromatic heterocycles. The van der Waals surface area contributed by atoms with E-state index in [2.05, 4.69) is 0 Å². The van der Waals surface area contributed by atoms with Crippen LogP contribution < -0.4 is 5.56 Å². The number of nitrogens with zero attached hydrogens (tertiary/aromatic N) is 1. The van der Waals surface area contributed by atoms with Crippen LogP contribution in [0.25, 0.3) is 15.3 Å². The van der Waals surface area contributed by atoms with Crippen LogP contribution in [-0.2, 0) is 0 Å². The third kappa shape index (κ3) is 1.75. The first kappa shape index (κ1) is 10.5. The molecule has 4 heteroatoms. The molecule has 0 saturated heterocycles. The van der Waals surface area contributed by atoms with E-state index in [1.165, 1.54) is 12.1 Å². The number of benzene rings is 2. The van der Waals surface area contributed by atoms with Gasteiger partial charge in [0.05, 0.1) is 0 Å². The zero-order valence-electron chi connectivity index (χ0n) is 8.76. The Morgan fingerprint density at radius 1 is 1.06 bits per heavy atom. The van der Waals surface area contributed by atoms with Crippen LogP contribution in [-0.4, -0.2) is 18.3 Å². The van der Waals surface area contributed by atoms with Crippen molar-refractivity contribution in [1.29, 1.82) is 0 Å². The van der Waals surface area contributed by atoms with Crippen LogP contribution >= 0.6 is 0 Å². The van der Waals surface area contributed by atoms with Crippen LogP contribution in [0.15, 0.2) is 53.3 Å². The summed E-state index contributed by atoms with van der Waals surface area (Å²) in [5, 5.41) is 0.621. The number of hydrogen-bond donors (Lipinski definition) is 0. The second kappa shape index (κ2) is 3.99. The van der Waals surface area contributed by atoms with E-state index in [1.54, 1.807) is 9.63 Å². The van der Waals surface area contributed by atoms with Gasteiger partial charge in [0.2, 0.25) is 0 Å². The van der Waals surface area contributed by atoms with Crippen molar-refractivity contribution in [3.63, 3.8) is 0 Å². The summed E-state index contributed by atoms with van der Waals surface area (Å²) in [6, 6.07) is 13.8. The molecule has 2 nitrogen and oxygen atoms in total. The van der Waals surface area contributed by atoms with Gasteiger partial charge in [-0.15, -0.1) is 0 Å². The number of halogens is 1. The molecule has 0 radical (unpaired) electrons. The number of hydrogen-bond acceptors (Lipinski definition) is 1. The fourth-order valence-electron chi connectivity index (χ4n) is 1.73. The second-order valence-corrected chi connectivity index (χ2v) is 5.74. The normalized spacial score (nSPS) is 10.9. The number of aromatic nitrogens is 1. The first-order valence-electron chi connectivity index (χ1n) is 5.13. The predicted octanol–water partition coefficient (Wildman–Crippen LogP) is 2.19. The van der Waals surface area contributed by atoms with Crippen LogP contribution in [0, 0.1) is 5.82 Å². The molecular formula is C13H8FNOSe. The van der Waals surface area contributed by atoms with Gasteiger partial charge in [0.15, 0.2) is 0 Å². The zero-order valence-corrected chi connectivity index (χ0v) is 10.5. The SMILES string of the molecule is O=c1c2ccc(F)cc2[se]n1-c1ccccc1. The van der Waals surface area contributed by atoms with Crippen molar-refractivity contribution in [2.75, 3.05) is 0 Å². The second-order valence-electron chi connectivity index (χ2n) is 3.67. The molecule has 0 aliphatic heterocycles. The maximum atomic E-state index is 13.1. The van der Waals surface area contributed by atoms with Crippen LogP contribution in [0.3, 0.4) is 0 Å². The average molecular weight is 292 g/mol. The Morgan fingerprint density at radius 3 is 2.59 bits per heavy atom. The van der Waals surface area contributed by atoms with Gasteiger partial charge >= 0.3 is 103 Å². The molecule has 0 unspecified atom stereocenters.